The van der Waals surface area contributed by atoms with Gasteiger partial charge in [0.2, 0.25) is 0 Å². The zero-order valence-corrected chi connectivity index (χ0v) is 15.3. The highest BCUT2D eigenvalue weighted by molar-refractivity contribution is 5.80. The van der Waals surface area contributed by atoms with Crippen LogP contribution < -0.4 is 0 Å². The molecule has 2 aliphatic rings. The molecule has 29 heavy (non-hydrogen) atoms. The third-order valence-electron chi connectivity index (χ3n) is 5.33. The molecule has 0 bridgehead atoms. The molecule has 1 atom stereocenters. The maximum Gasteiger partial charge on any atom is 0.410 e. The van der Waals surface area contributed by atoms with Crippen molar-refractivity contribution in [2.24, 2.45) is 0 Å². The number of rotatable bonds is 5. The van der Waals surface area contributed by atoms with Crippen LogP contribution in [0.4, 0.5) is 18.0 Å². The van der Waals surface area contributed by atoms with E-state index in [4.69, 9.17) is 4.74 Å². The predicted molar refractivity (Wildman–Crippen MR) is 97.9 cm³/mol. The second-order valence-electron chi connectivity index (χ2n) is 7.38. The van der Waals surface area contributed by atoms with E-state index in [9.17, 15) is 18.0 Å². The lowest BCUT2D eigenvalue weighted by Crippen LogP contribution is -2.28. The zero-order chi connectivity index (χ0) is 20.1. The van der Waals surface area contributed by atoms with Crippen molar-refractivity contribution in [3.63, 3.8) is 0 Å². The maximum absolute atomic E-state index is 13.6. The molecule has 1 amide bonds. The third-order valence-corrected chi connectivity index (χ3v) is 5.33. The van der Waals surface area contributed by atoms with Crippen molar-refractivity contribution in [1.29, 1.82) is 0 Å². The Balaban J connectivity index is 1.43. The summed E-state index contributed by atoms with van der Waals surface area (Å²) in [5.41, 5.74) is 1.69. The first-order valence-corrected chi connectivity index (χ1v) is 9.36. The van der Waals surface area contributed by atoms with Gasteiger partial charge in [0, 0.05) is 17.8 Å². The first-order valence-electron chi connectivity index (χ1n) is 9.36. The van der Waals surface area contributed by atoms with Crippen LogP contribution in [0.25, 0.3) is 22.2 Å². The fraction of sp³-hybridized carbons (Fsp3) is 0.350. The zero-order valence-electron chi connectivity index (χ0n) is 15.3. The molecule has 150 valence electrons. The highest BCUT2D eigenvalue weighted by Crippen LogP contribution is 2.32. The van der Waals surface area contributed by atoms with Gasteiger partial charge in [-0.25, -0.2) is 18.0 Å². The summed E-state index contributed by atoms with van der Waals surface area (Å²) in [5, 5.41) is 4.33. The van der Waals surface area contributed by atoms with E-state index in [1.807, 2.05) is 0 Å². The first kappa shape index (κ1) is 18.0. The molecular formula is C20H17F3N4O2. The summed E-state index contributed by atoms with van der Waals surface area (Å²) in [4.78, 5) is 18.1. The number of amides is 1. The normalized spacial score (nSPS) is 19.4. The number of fused-ring (bicyclic) bond motifs is 1. The summed E-state index contributed by atoms with van der Waals surface area (Å²) < 4.78 is 46.8. The molecule has 0 spiro atoms. The number of hydrogen-bond donors (Lipinski definition) is 0. The number of hydrogen-bond acceptors (Lipinski definition) is 4. The molecule has 3 heterocycles. The second-order valence-corrected chi connectivity index (χ2v) is 7.38. The van der Waals surface area contributed by atoms with E-state index >= 15 is 0 Å². The van der Waals surface area contributed by atoms with Crippen molar-refractivity contribution < 1.29 is 22.7 Å². The minimum absolute atomic E-state index is 0.289. The van der Waals surface area contributed by atoms with Crippen LogP contribution >= 0.6 is 0 Å². The largest absolute Gasteiger partial charge is 0.442 e. The van der Waals surface area contributed by atoms with Crippen LogP contribution in [0, 0.1) is 5.82 Å². The van der Waals surface area contributed by atoms with Crippen LogP contribution in [-0.2, 0) is 11.3 Å². The fourth-order valence-electron chi connectivity index (χ4n) is 3.66. The smallest absolute Gasteiger partial charge is 0.410 e. The standard InChI is InChI=1S/C20H17F3N4O2/c21-16-4-1-11(5-15(16)19(22)23)12-6-18-17(24-7-12)8-25-27(18)10-14-9-26(13-2-3-13)20(28)29-14/h1,4-8,13-14,19H,2-3,9-10H2/t14-/m1/s1. The first-order chi connectivity index (χ1) is 14.0. The van der Waals surface area contributed by atoms with Gasteiger partial charge < -0.3 is 9.64 Å². The molecule has 9 heteroatoms. The van der Waals surface area contributed by atoms with Crippen LogP contribution in [-0.4, -0.2) is 44.4 Å². The second kappa shape index (κ2) is 6.75. The van der Waals surface area contributed by atoms with Crippen molar-refractivity contribution in [1.82, 2.24) is 19.7 Å². The molecule has 0 radical (unpaired) electrons. The van der Waals surface area contributed by atoms with E-state index in [1.165, 1.54) is 6.07 Å². The Hall–Kier alpha value is -3.10. The lowest BCUT2D eigenvalue weighted by molar-refractivity contribution is 0.123. The lowest BCUT2D eigenvalue weighted by Gasteiger charge is -2.11. The van der Waals surface area contributed by atoms with Gasteiger partial charge >= 0.3 is 6.09 Å². The Bertz CT molecular complexity index is 1100. The van der Waals surface area contributed by atoms with Gasteiger partial charge in [-0.1, -0.05) is 6.07 Å². The molecule has 3 aromatic rings. The molecule has 6 nitrogen and oxygen atoms in total. The number of aromatic nitrogens is 3. The molecule has 1 aliphatic carbocycles. The average molecular weight is 402 g/mol. The van der Waals surface area contributed by atoms with Gasteiger partial charge in [0.25, 0.3) is 6.43 Å². The van der Waals surface area contributed by atoms with Gasteiger partial charge in [-0.05, 0) is 36.6 Å². The molecular weight excluding hydrogens is 385 g/mol. The number of cyclic esters (lactones) is 1. The number of pyridine rings is 1. The van der Waals surface area contributed by atoms with Gasteiger partial charge in [0.15, 0.2) is 0 Å². The SMILES string of the molecule is O=C1O[C@@H](Cn2ncc3ncc(-c4ccc(F)c(C(F)F)c4)cc32)CN1C1CC1. The Kier molecular flexibility index (Phi) is 4.18. The Morgan fingerprint density at radius 2 is 2.00 bits per heavy atom. The van der Waals surface area contributed by atoms with E-state index in [0.717, 1.165) is 25.0 Å². The fourth-order valence-corrected chi connectivity index (χ4v) is 3.66. The predicted octanol–water partition coefficient (Wildman–Crippen LogP) is 4.16. The number of benzene rings is 1. The molecule has 1 saturated carbocycles. The highest BCUT2D eigenvalue weighted by atomic mass is 19.3. The summed E-state index contributed by atoms with van der Waals surface area (Å²) in [6.45, 7) is 0.892. The quantitative estimate of drug-likeness (QED) is 0.643. The summed E-state index contributed by atoms with van der Waals surface area (Å²) in [7, 11) is 0. The highest BCUT2D eigenvalue weighted by Gasteiger charge is 2.41. The molecule has 1 aliphatic heterocycles. The van der Waals surface area contributed by atoms with Crippen molar-refractivity contribution in [3.8, 4) is 11.1 Å². The molecule has 0 unspecified atom stereocenters. The van der Waals surface area contributed by atoms with E-state index in [2.05, 4.69) is 10.1 Å². The summed E-state index contributed by atoms with van der Waals surface area (Å²) in [6.07, 6.45) is 1.66. The van der Waals surface area contributed by atoms with Crippen LogP contribution in [0.1, 0.15) is 24.8 Å². The Morgan fingerprint density at radius 1 is 1.17 bits per heavy atom. The van der Waals surface area contributed by atoms with Crippen molar-refractivity contribution >= 4 is 17.1 Å². The number of carbonyl (C=O) groups excluding carboxylic acids is 1. The van der Waals surface area contributed by atoms with E-state index < -0.39 is 17.8 Å². The molecule has 5 rings (SSSR count). The summed E-state index contributed by atoms with van der Waals surface area (Å²) in [6, 6.07) is 5.67. The molecule has 1 aromatic carbocycles. The number of carbonyl (C=O) groups is 1. The van der Waals surface area contributed by atoms with Crippen molar-refractivity contribution in [3.05, 3.63) is 48.0 Å². The van der Waals surface area contributed by atoms with E-state index in [0.29, 0.717) is 35.2 Å². The number of alkyl halides is 2. The van der Waals surface area contributed by atoms with Gasteiger partial charge in [-0.3, -0.25) is 9.67 Å². The Morgan fingerprint density at radius 3 is 2.76 bits per heavy atom. The van der Waals surface area contributed by atoms with Gasteiger partial charge in [-0.15, -0.1) is 0 Å². The van der Waals surface area contributed by atoms with Crippen molar-refractivity contribution in [2.75, 3.05) is 6.54 Å². The maximum atomic E-state index is 13.6. The summed E-state index contributed by atoms with van der Waals surface area (Å²) in [5.74, 6) is -0.939. The molecule has 1 saturated heterocycles. The molecule has 0 N–H and O–H groups in total. The number of ether oxygens (including phenoxy) is 1. The number of nitrogens with zero attached hydrogens (tertiary/aromatic N) is 4. The van der Waals surface area contributed by atoms with Gasteiger partial charge in [0.05, 0.1) is 30.4 Å². The van der Waals surface area contributed by atoms with Crippen LogP contribution in [0.15, 0.2) is 36.7 Å². The number of halogens is 3. The topological polar surface area (TPSA) is 60.3 Å². The van der Waals surface area contributed by atoms with Gasteiger partial charge in [-0.2, -0.15) is 5.10 Å². The van der Waals surface area contributed by atoms with Crippen LogP contribution in [0.2, 0.25) is 0 Å². The Labute approximate surface area is 163 Å². The third kappa shape index (κ3) is 3.30. The van der Waals surface area contributed by atoms with E-state index in [1.54, 1.807) is 28.0 Å². The van der Waals surface area contributed by atoms with Crippen LogP contribution in [0.3, 0.4) is 0 Å². The molecule has 2 fully saturated rings. The average Bonchev–Trinajstić information content (AvgIpc) is 3.37. The van der Waals surface area contributed by atoms with E-state index in [-0.39, 0.29) is 18.2 Å². The monoisotopic (exact) mass is 402 g/mol. The lowest BCUT2D eigenvalue weighted by atomic mass is 10.0. The van der Waals surface area contributed by atoms with Crippen molar-refractivity contribution in [2.45, 2.75) is 38.0 Å². The molecule has 2 aromatic heterocycles. The minimum Gasteiger partial charge on any atom is -0.442 e. The minimum atomic E-state index is -2.90. The van der Waals surface area contributed by atoms with Gasteiger partial charge in [0.1, 0.15) is 17.4 Å². The summed E-state index contributed by atoms with van der Waals surface area (Å²) >= 11 is 0. The van der Waals surface area contributed by atoms with Crippen LogP contribution in [0.5, 0.6) is 0 Å².